The third-order valence-corrected chi connectivity index (χ3v) is 1.59. The van der Waals surface area contributed by atoms with Crippen molar-refractivity contribution in [2.24, 2.45) is 5.10 Å². The molecular formula is C10H14N2. The molecule has 0 spiro atoms. The summed E-state index contributed by atoms with van der Waals surface area (Å²) in [7, 11) is 0. The molecule has 1 aromatic rings. The number of hydrazone groups is 1. The number of hydrogen-bond acceptors (Lipinski definition) is 2. The minimum Gasteiger partial charge on any atom is -0.306 e. The van der Waals surface area contributed by atoms with Crippen LogP contribution in [0.2, 0.25) is 0 Å². The highest BCUT2D eigenvalue weighted by Gasteiger charge is 1.89. The highest BCUT2D eigenvalue weighted by atomic mass is 15.3. The van der Waals surface area contributed by atoms with Gasteiger partial charge in [0.25, 0.3) is 0 Å². The van der Waals surface area contributed by atoms with Crippen LogP contribution >= 0.6 is 0 Å². The van der Waals surface area contributed by atoms with E-state index in [1.165, 1.54) is 11.1 Å². The van der Waals surface area contributed by atoms with Gasteiger partial charge in [-0.15, -0.1) is 0 Å². The predicted molar refractivity (Wildman–Crippen MR) is 52.2 cm³/mol. The second kappa shape index (κ2) is 4.54. The summed E-state index contributed by atoms with van der Waals surface area (Å²) in [5.74, 6) is 0. The van der Waals surface area contributed by atoms with Gasteiger partial charge in [0.05, 0.1) is 6.54 Å². The topological polar surface area (TPSA) is 24.4 Å². The van der Waals surface area contributed by atoms with Crippen LogP contribution in [0.4, 0.5) is 0 Å². The van der Waals surface area contributed by atoms with Crippen LogP contribution in [0, 0.1) is 6.92 Å². The van der Waals surface area contributed by atoms with Crippen molar-refractivity contribution in [1.29, 1.82) is 0 Å². The second-order valence-electron chi connectivity index (χ2n) is 2.71. The van der Waals surface area contributed by atoms with Crippen LogP contribution in [0.15, 0.2) is 29.4 Å². The van der Waals surface area contributed by atoms with E-state index < -0.39 is 0 Å². The molecule has 2 heteroatoms. The summed E-state index contributed by atoms with van der Waals surface area (Å²) in [4.78, 5) is 0. The molecule has 0 radical (unpaired) electrons. The molecule has 1 N–H and O–H groups in total. The van der Waals surface area contributed by atoms with Gasteiger partial charge in [0.2, 0.25) is 0 Å². The number of benzene rings is 1. The summed E-state index contributed by atoms with van der Waals surface area (Å²) in [6.07, 6.45) is 1.75. The molecule has 0 heterocycles. The Morgan fingerprint density at radius 2 is 2.33 bits per heavy atom. The van der Waals surface area contributed by atoms with Gasteiger partial charge < -0.3 is 5.43 Å². The minimum atomic E-state index is 0.798. The molecule has 0 saturated carbocycles. The maximum atomic E-state index is 3.92. The number of aryl methyl sites for hydroxylation is 1. The molecular weight excluding hydrogens is 148 g/mol. The quantitative estimate of drug-likeness (QED) is 0.534. The summed E-state index contributed by atoms with van der Waals surface area (Å²) in [6, 6.07) is 8.39. The SMILES string of the molecule is C/C=N\NCc1cccc(C)c1. The van der Waals surface area contributed by atoms with E-state index >= 15 is 0 Å². The molecule has 0 saturated heterocycles. The van der Waals surface area contributed by atoms with Gasteiger partial charge in [-0.2, -0.15) is 5.10 Å². The van der Waals surface area contributed by atoms with E-state index in [0.29, 0.717) is 0 Å². The Labute approximate surface area is 73.3 Å². The maximum absolute atomic E-state index is 3.92. The van der Waals surface area contributed by atoms with E-state index in [2.05, 4.69) is 41.7 Å². The standard InChI is InChI=1S/C10H14N2/c1-3-11-12-8-10-6-4-5-9(2)7-10/h3-7,12H,8H2,1-2H3/b11-3-. The van der Waals surface area contributed by atoms with E-state index in [-0.39, 0.29) is 0 Å². The lowest BCUT2D eigenvalue weighted by molar-refractivity contribution is 0.747. The third kappa shape index (κ3) is 2.74. The van der Waals surface area contributed by atoms with Gasteiger partial charge in [-0.1, -0.05) is 29.8 Å². The van der Waals surface area contributed by atoms with Crippen LogP contribution in [0.5, 0.6) is 0 Å². The van der Waals surface area contributed by atoms with E-state index in [0.717, 1.165) is 6.54 Å². The van der Waals surface area contributed by atoms with Crippen LogP contribution in [-0.2, 0) is 6.54 Å². The van der Waals surface area contributed by atoms with Crippen molar-refractivity contribution in [3.63, 3.8) is 0 Å². The molecule has 12 heavy (non-hydrogen) atoms. The second-order valence-corrected chi connectivity index (χ2v) is 2.71. The first-order valence-corrected chi connectivity index (χ1v) is 4.09. The van der Waals surface area contributed by atoms with Crippen molar-refractivity contribution in [3.05, 3.63) is 35.4 Å². The minimum absolute atomic E-state index is 0.798. The first-order valence-electron chi connectivity index (χ1n) is 4.09. The first kappa shape index (κ1) is 8.78. The lowest BCUT2D eigenvalue weighted by atomic mass is 10.1. The fourth-order valence-electron chi connectivity index (χ4n) is 1.05. The Kier molecular flexibility index (Phi) is 3.33. The monoisotopic (exact) mass is 162 g/mol. The number of hydrogen-bond donors (Lipinski definition) is 1. The summed E-state index contributed by atoms with van der Waals surface area (Å²) in [5.41, 5.74) is 5.50. The fraction of sp³-hybridized carbons (Fsp3) is 0.300. The van der Waals surface area contributed by atoms with E-state index in [1.807, 2.05) is 6.92 Å². The average molecular weight is 162 g/mol. The first-order chi connectivity index (χ1) is 5.83. The molecule has 1 aromatic carbocycles. The Morgan fingerprint density at radius 1 is 1.50 bits per heavy atom. The van der Waals surface area contributed by atoms with E-state index in [4.69, 9.17) is 0 Å². The Hall–Kier alpha value is -1.31. The average Bonchev–Trinajstić information content (AvgIpc) is 2.05. The summed E-state index contributed by atoms with van der Waals surface area (Å²) in [6.45, 7) is 4.78. The molecule has 64 valence electrons. The summed E-state index contributed by atoms with van der Waals surface area (Å²) >= 11 is 0. The summed E-state index contributed by atoms with van der Waals surface area (Å²) < 4.78 is 0. The normalized spacial score (nSPS) is 10.5. The molecule has 0 aromatic heterocycles. The molecule has 0 aliphatic rings. The molecule has 0 atom stereocenters. The lowest BCUT2D eigenvalue weighted by Crippen LogP contribution is -2.04. The van der Waals surface area contributed by atoms with Crippen LogP contribution < -0.4 is 5.43 Å². The molecule has 0 aliphatic carbocycles. The van der Waals surface area contributed by atoms with Crippen molar-refractivity contribution < 1.29 is 0 Å². The zero-order chi connectivity index (χ0) is 8.81. The van der Waals surface area contributed by atoms with Gasteiger partial charge in [0.1, 0.15) is 0 Å². The van der Waals surface area contributed by atoms with Gasteiger partial charge in [-0.25, -0.2) is 0 Å². The van der Waals surface area contributed by atoms with Crippen molar-refractivity contribution in [3.8, 4) is 0 Å². The summed E-state index contributed by atoms with van der Waals surface area (Å²) in [5, 5.41) is 3.92. The molecule has 0 unspecified atom stereocenters. The maximum Gasteiger partial charge on any atom is 0.0579 e. The number of nitrogens with zero attached hydrogens (tertiary/aromatic N) is 1. The highest BCUT2D eigenvalue weighted by molar-refractivity contribution is 5.52. The van der Waals surface area contributed by atoms with Crippen molar-refractivity contribution >= 4 is 6.21 Å². The van der Waals surface area contributed by atoms with E-state index in [9.17, 15) is 0 Å². The van der Waals surface area contributed by atoms with E-state index in [1.54, 1.807) is 6.21 Å². The largest absolute Gasteiger partial charge is 0.306 e. The lowest BCUT2D eigenvalue weighted by Gasteiger charge is -2.00. The fourth-order valence-corrected chi connectivity index (χ4v) is 1.05. The van der Waals surface area contributed by atoms with Gasteiger partial charge >= 0.3 is 0 Å². The zero-order valence-electron chi connectivity index (χ0n) is 7.54. The molecule has 0 aliphatic heterocycles. The van der Waals surface area contributed by atoms with Crippen molar-refractivity contribution in [1.82, 2.24) is 5.43 Å². The predicted octanol–water partition coefficient (Wildman–Crippen LogP) is 2.09. The zero-order valence-corrected chi connectivity index (χ0v) is 7.54. The van der Waals surface area contributed by atoms with Crippen LogP contribution in [0.1, 0.15) is 18.1 Å². The molecule has 0 amide bonds. The molecule has 2 nitrogen and oxygen atoms in total. The van der Waals surface area contributed by atoms with Gasteiger partial charge in [0.15, 0.2) is 0 Å². The Bertz CT molecular complexity index is 266. The van der Waals surface area contributed by atoms with Crippen LogP contribution in [0.3, 0.4) is 0 Å². The number of rotatable bonds is 3. The molecule has 0 fully saturated rings. The Morgan fingerprint density at radius 3 is 3.00 bits per heavy atom. The van der Waals surface area contributed by atoms with Crippen molar-refractivity contribution in [2.75, 3.05) is 0 Å². The smallest absolute Gasteiger partial charge is 0.0579 e. The van der Waals surface area contributed by atoms with Crippen molar-refractivity contribution in [2.45, 2.75) is 20.4 Å². The number of nitrogens with one attached hydrogen (secondary N) is 1. The van der Waals surface area contributed by atoms with Gasteiger partial charge in [-0.05, 0) is 19.4 Å². The molecule has 1 rings (SSSR count). The Balaban J connectivity index is 2.52. The molecule has 0 bridgehead atoms. The van der Waals surface area contributed by atoms with Gasteiger partial charge in [0, 0.05) is 6.21 Å². The van der Waals surface area contributed by atoms with Gasteiger partial charge in [-0.3, -0.25) is 0 Å². The third-order valence-electron chi connectivity index (χ3n) is 1.59. The van der Waals surface area contributed by atoms with Crippen LogP contribution in [0.25, 0.3) is 0 Å². The highest BCUT2D eigenvalue weighted by Crippen LogP contribution is 2.02. The van der Waals surface area contributed by atoms with Crippen LogP contribution in [-0.4, -0.2) is 6.21 Å².